The van der Waals surface area contributed by atoms with E-state index in [0.717, 1.165) is 31.5 Å². The summed E-state index contributed by atoms with van der Waals surface area (Å²) in [4.78, 5) is 15.9. The first kappa shape index (κ1) is 8.88. The van der Waals surface area contributed by atoms with Crippen molar-refractivity contribution in [1.82, 2.24) is 20.5 Å². The largest absolute Gasteiger partial charge is 0.344 e. The number of nitrogens with zero attached hydrogens (tertiary/aromatic N) is 2. The SMILES string of the molecule is CC1(NC(=O)c2n[nH]c(C3CC3)n2)CC1. The number of carbonyl (C=O) groups excluding carboxylic acids is 1. The predicted molar refractivity (Wildman–Crippen MR) is 53.5 cm³/mol. The highest BCUT2D eigenvalue weighted by Crippen LogP contribution is 2.38. The van der Waals surface area contributed by atoms with Crippen molar-refractivity contribution >= 4 is 5.91 Å². The fourth-order valence-electron chi connectivity index (χ4n) is 1.56. The average Bonchev–Trinajstić information content (AvgIpc) is 3.10. The number of aromatic amines is 1. The molecule has 2 saturated carbocycles. The van der Waals surface area contributed by atoms with Gasteiger partial charge in [0.2, 0.25) is 5.82 Å². The Bertz CT molecular complexity index is 403. The Labute approximate surface area is 87.7 Å². The molecule has 0 bridgehead atoms. The van der Waals surface area contributed by atoms with Crippen LogP contribution < -0.4 is 5.32 Å². The molecule has 2 aliphatic carbocycles. The van der Waals surface area contributed by atoms with E-state index >= 15 is 0 Å². The minimum absolute atomic E-state index is 0.00252. The van der Waals surface area contributed by atoms with Crippen LogP contribution in [0.1, 0.15) is 55.0 Å². The van der Waals surface area contributed by atoms with Gasteiger partial charge in [0, 0.05) is 11.5 Å². The van der Waals surface area contributed by atoms with Crippen molar-refractivity contribution in [3.63, 3.8) is 0 Å². The van der Waals surface area contributed by atoms with Gasteiger partial charge in [-0.25, -0.2) is 4.98 Å². The number of aromatic nitrogens is 3. The van der Waals surface area contributed by atoms with E-state index in [1.165, 1.54) is 0 Å². The summed E-state index contributed by atoms with van der Waals surface area (Å²) < 4.78 is 0. The second-order valence-electron chi connectivity index (χ2n) is 4.83. The normalized spacial score (nSPS) is 22.5. The van der Waals surface area contributed by atoms with Crippen LogP contribution in [0.5, 0.6) is 0 Å². The summed E-state index contributed by atoms with van der Waals surface area (Å²) >= 11 is 0. The molecule has 80 valence electrons. The van der Waals surface area contributed by atoms with Crippen molar-refractivity contribution in [1.29, 1.82) is 0 Å². The Kier molecular flexibility index (Phi) is 1.66. The first-order valence-electron chi connectivity index (χ1n) is 5.41. The molecule has 0 radical (unpaired) electrons. The molecule has 0 unspecified atom stereocenters. The predicted octanol–water partition coefficient (Wildman–Crippen LogP) is 0.964. The Morgan fingerprint density at radius 2 is 2.27 bits per heavy atom. The molecule has 2 aliphatic rings. The van der Waals surface area contributed by atoms with Crippen molar-refractivity contribution in [3.05, 3.63) is 11.6 Å². The Morgan fingerprint density at radius 3 is 2.87 bits per heavy atom. The number of rotatable bonds is 3. The third-order valence-corrected chi connectivity index (χ3v) is 3.09. The smallest absolute Gasteiger partial charge is 0.291 e. The molecule has 1 aromatic heterocycles. The zero-order valence-electron chi connectivity index (χ0n) is 8.71. The summed E-state index contributed by atoms with van der Waals surface area (Å²) in [6, 6.07) is 0. The van der Waals surface area contributed by atoms with Gasteiger partial charge in [-0.15, -0.1) is 5.10 Å². The molecule has 1 amide bonds. The van der Waals surface area contributed by atoms with Crippen LogP contribution in [0.15, 0.2) is 0 Å². The standard InChI is InChI=1S/C10H14N4O/c1-10(4-5-10)12-9(15)8-11-7(13-14-8)6-2-3-6/h6H,2-5H2,1H3,(H,12,15)(H,11,13,14). The van der Waals surface area contributed by atoms with Crippen LogP contribution in [0.25, 0.3) is 0 Å². The lowest BCUT2D eigenvalue weighted by Crippen LogP contribution is -2.34. The van der Waals surface area contributed by atoms with E-state index in [1.807, 2.05) is 6.92 Å². The van der Waals surface area contributed by atoms with Gasteiger partial charge in [0.15, 0.2) is 0 Å². The average molecular weight is 206 g/mol. The van der Waals surface area contributed by atoms with E-state index in [1.54, 1.807) is 0 Å². The van der Waals surface area contributed by atoms with Crippen molar-refractivity contribution < 1.29 is 4.79 Å². The first-order chi connectivity index (χ1) is 7.16. The van der Waals surface area contributed by atoms with Gasteiger partial charge >= 0.3 is 0 Å². The second-order valence-corrected chi connectivity index (χ2v) is 4.83. The van der Waals surface area contributed by atoms with Crippen molar-refractivity contribution in [3.8, 4) is 0 Å². The number of amides is 1. The summed E-state index contributed by atoms with van der Waals surface area (Å²) in [5, 5.41) is 9.71. The Hall–Kier alpha value is -1.39. The molecular weight excluding hydrogens is 192 g/mol. The minimum atomic E-state index is -0.154. The number of nitrogens with one attached hydrogen (secondary N) is 2. The molecule has 2 fully saturated rings. The molecule has 0 aromatic carbocycles. The molecule has 0 spiro atoms. The molecule has 15 heavy (non-hydrogen) atoms. The molecule has 2 N–H and O–H groups in total. The third kappa shape index (κ3) is 1.73. The number of hydrogen-bond donors (Lipinski definition) is 2. The van der Waals surface area contributed by atoms with E-state index in [-0.39, 0.29) is 17.3 Å². The van der Waals surface area contributed by atoms with Gasteiger partial charge in [-0.2, -0.15) is 0 Å². The first-order valence-corrected chi connectivity index (χ1v) is 5.41. The fourth-order valence-corrected chi connectivity index (χ4v) is 1.56. The van der Waals surface area contributed by atoms with E-state index < -0.39 is 0 Å². The van der Waals surface area contributed by atoms with Gasteiger partial charge in [0.1, 0.15) is 5.82 Å². The monoisotopic (exact) mass is 206 g/mol. The van der Waals surface area contributed by atoms with Gasteiger partial charge in [-0.1, -0.05) is 0 Å². The zero-order chi connectivity index (χ0) is 10.5. The molecule has 0 saturated heterocycles. The summed E-state index contributed by atoms with van der Waals surface area (Å²) in [6.07, 6.45) is 4.43. The number of carbonyl (C=O) groups is 1. The Balaban J connectivity index is 1.71. The van der Waals surface area contributed by atoms with Gasteiger partial charge in [0.05, 0.1) is 0 Å². The van der Waals surface area contributed by atoms with Crippen LogP contribution in [0.2, 0.25) is 0 Å². The number of hydrogen-bond acceptors (Lipinski definition) is 3. The Morgan fingerprint density at radius 1 is 1.53 bits per heavy atom. The van der Waals surface area contributed by atoms with Gasteiger partial charge in [0.25, 0.3) is 5.91 Å². The lowest BCUT2D eigenvalue weighted by molar-refractivity contribution is 0.0925. The topological polar surface area (TPSA) is 70.7 Å². The molecule has 0 atom stereocenters. The summed E-state index contributed by atoms with van der Waals surface area (Å²) in [5.74, 6) is 1.50. The second kappa shape index (κ2) is 2.81. The fraction of sp³-hybridized carbons (Fsp3) is 0.700. The summed E-state index contributed by atoms with van der Waals surface area (Å²) in [6.45, 7) is 2.04. The summed E-state index contributed by atoms with van der Waals surface area (Å²) in [7, 11) is 0. The quantitative estimate of drug-likeness (QED) is 0.774. The molecule has 0 aliphatic heterocycles. The minimum Gasteiger partial charge on any atom is -0.344 e. The maximum atomic E-state index is 11.7. The van der Waals surface area contributed by atoms with E-state index in [9.17, 15) is 4.79 Å². The molecule has 1 aromatic rings. The van der Waals surface area contributed by atoms with Crippen LogP contribution in [-0.2, 0) is 0 Å². The van der Waals surface area contributed by atoms with Gasteiger partial charge in [-0.05, 0) is 32.6 Å². The molecule has 5 nitrogen and oxygen atoms in total. The van der Waals surface area contributed by atoms with Gasteiger partial charge in [-0.3, -0.25) is 9.89 Å². The molecular formula is C10H14N4O. The van der Waals surface area contributed by atoms with Crippen molar-refractivity contribution in [2.24, 2.45) is 0 Å². The van der Waals surface area contributed by atoms with Crippen molar-refractivity contribution in [2.45, 2.75) is 44.1 Å². The highest BCUT2D eigenvalue weighted by Gasteiger charge is 2.39. The van der Waals surface area contributed by atoms with E-state index in [0.29, 0.717) is 5.92 Å². The van der Waals surface area contributed by atoms with Gasteiger partial charge < -0.3 is 5.32 Å². The van der Waals surface area contributed by atoms with Crippen LogP contribution >= 0.6 is 0 Å². The van der Waals surface area contributed by atoms with E-state index in [2.05, 4.69) is 20.5 Å². The molecule has 1 heterocycles. The zero-order valence-corrected chi connectivity index (χ0v) is 8.71. The summed E-state index contributed by atoms with van der Waals surface area (Å²) in [5.41, 5.74) is -0.00252. The molecule has 5 heteroatoms. The van der Waals surface area contributed by atoms with Crippen LogP contribution in [0.4, 0.5) is 0 Å². The highest BCUT2D eigenvalue weighted by molar-refractivity contribution is 5.91. The van der Waals surface area contributed by atoms with Crippen molar-refractivity contribution in [2.75, 3.05) is 0 Å². The lowest BCUT2D eigenvalue weighted by Gasteiger charge is -2.08. The molecule has 3 rings (SSSR count). The maximum absolute atomic E-state index is 11.7. The highest BCUT2D eigenvalue weighted by atomic mass is 16.2. The lowest BCUT2D eigenvalue weighted by atomic mass is 10.3. The van der Waals surface area contributed by atoms with Crippen LogP contribution in [0, 0.1) is 0 Å². The van der Waals surface area contributed by atoms with Crippen LogP contribution in [-0.4, -0.2) is 26.6 Å². The number of H-pyrrole nitrogens is 1. The maximum Gasteiger partial charge on any atom is 0.291 e. The van der Waals surface area contributed by atoms with E-state index in [4.69, 9.17) is 0 Å². The van der Waals surface area contributed by atoms with Crippen LogP contribution in [0.3, 0.4) is 0 Å². The third-order valence-electron chi connectivity index (χ3n) is 3.09.